The van der Waals surface area contributed by atoms with Gasteiger partial charge >= 0.3 is 0 Å². The van der Waals surface area contributed by atoms with E-state index in [1.807, 2.05) is 30.3 Å². The molecule has 0 amide bonds. The maximum atomic E-state index is 14.2. The van der Waals surface area contributed by atoms with Crippen LogP contribution in [0, 0.1) is 0 Å². The fraction of sp³-hybridized carbons (Fsp3) is 0. The topological polar surface area (TPSA) is 26.9 Å². The summed E-state index contributed by atoms with van der Waals surface area (Å²) < 4.78 is 4.63. The molecule has 3 nitrogen and oxygen atoms in total. The molecule has 0 bridgehead atoms. The summed E-state index contributed by atoms with van der Waals surface area (Å²) >= 11 is 0. The van der Waals surface area contributed by atoms with Gasteiger partial charge in [0.15, 0.2) is 5.43 Å². The second-order valence-electron chi connectivity index (χ2n) is 11.7. The molecule has 0 unspecified atom stereocenters. The fourth-order valence-electron chi connectivity index (χ4n) is 7.02. The smallest absolute Gasteiger partial charge is 0.197 e. The second-order valence-corrected chi connectivity index (χ2v) is 11.7. The lowest BCUT2D eigenvalue weighted by molar-refractivity contribution is 1.14. The van der Waals surface area contributed by atoms with Crippen LogP contribution in [0.25, 0.3) is 77.2 Å². The van der Waals surface area contributed by atoms with E-state index in [4.69, 9.17) is 0 Å². The van der Waals surface area contributed by atoms with Crippen molar-refractivity contribution < 1.29 is 0 Å². The molecule has 0 saturated carbocycles. The fourth-order valence-corrected chi connectivity index (χ4v) is 7.02. The van der Waals surface area contributed by atoms with Gasteiger partial charge in [0.25, 0.3) is 0 Å². The minimum Gasteiger partial charge on any atom is -0.307 e. The van der Waals surface area contributed by atoms with Gasteiger partial charge < -0.3 is 9.13 Å². The summed E-state index contributed by atoms with van der Waals surface area (Å²) in [5.74, 6) is 0. The lowest BCUT2D eigenvalue weighted by atomic mass is 9.98. The van der Waals surface area contributed by atoms with Crippen LogP contribution in [0.5, 0.6) is 0 Å². The first-order valence-electron chi connectivity index (χ1n) is 15.6. The van der Waals surface area contributed by atoms with Crippen LogP contribution in [0.3, 0.4) is 0 Å². The molecule has 0 aliphatic heterocycles. The third-order valence-electron chi connectivity index (χ3n) is 9.07. The molecule has 216 valence electrons. The van der Waals surface area contributed by atoms with Crippen LogP contribution in [-0.2, 0) is 0 Å². The van der Waals surface area contributed by atoms with Crippen molar-refractivity contribution in [2.24, 2.45) is 0 Å². The summed E-state index contributed by atoms with van der Waals surface area (Å²) in [6.07, 6.45) is 0. The Hall–Kier alpha value is -6.19. The highest BCUT2D eigenvalue weighted by Gasteiger charge is 2.21. The average molecular weight is 589 g/mol. The maximum absolute atomic E-state index is 14.2. The van der Waals surface area contributed by atoms with Gasteiger partial charge in [-0.1, -0.05) is 115 Å². The molecule has 0 fully saturated rings. The second kappa shape index (κ2) is 10.5. The van der Waals surface area contributed by atoms with Gasteiger partial charge in [0.05, 0.1) is 22.1 Å². The van der Waals surface area contributed by atoms with E-state index < -0.39 is 0 Å². The number of hydrogen-bond acceptors (Lipinski definition) is 1. The van der Waals surface area contributed by atoms with Crippen molar-refractivity contribution >= 4 is 43.6 Å². The number of rotatable bonds is 4. The monoisotopic (exact) mass is 588 g/mol. The summed E-state index contributed by atoms with van der Waals surface area (Å²) in [4.78, 5) is 14.2. The third-order valence-corrected chi connectivity index (χ3v) is 9.07. The number of hydrogen-bond donors (Lipinski definition) is 0. The number of aromatic nitrogens is 2. The quantitative estimate of drug-likeness (QED) is 0.188. The molecule has 0 aliphatic carbocycles. The van der Waals surface area contributed by atoms with Crippen molar-refractivity contribution in [2.45, 2.75) is 0 Å². The first kappa shape index (κ1) is 26.2. The van der Waals surface area contributed by atoms with Gasteiger partial charge in [-0.25, -0.2) is 0 Å². The lowest BCUT2D eigenvalue weighted by Crippen LogP contribution is -2.11. The zero-order valence-corrected chi connectivity index (χ0v) is 25.0. The van der Waals surface area contributed by atoms with Crippen molar-refractivity contribution in [3.8, 4) is 33.6 Å². The number of pyridine rings is 1. The average Bonchev–Trinajstić information content (AvgIpc) is 3.47. The van der Waals surface area contributed by atoms with Crippen LogP contribution in [0.1, 0.15) is 0 Å². The number of benzene rings is 7. The Morgan fingerprint density at radius 3 is 1.41 bits per heavy atom. The Bertz CT molecular complexity index is 2580. The molecule has 0 atom stereocenters. The van der Waals surface area contributed by atoms with E-state index in [1.54, 1.807) is 0 Å². The number of para-hydroxylation sites is 3. The van der Waals surface area contributed by atoms with E-state index in [9.17, 15) is 4.79 Å². The van der Waals surface area contributed by atoms with E-state index in [0.29, 0.717) is 10.8 Å². The molecule has 0 spiro atoms. The van der Waals surface area contributed by atoms with Gasteiger partial charge in [0, 0.05) is 32.9 Å². The van der Waals surface area contributed by atoms with E-state index in [0.717, 1.165) is 66.5 Å². The molecule has 0 N–H and O–H groups in total. The summed E-state index contributed by atoms with van der Waals surface area (Å²) in [5.41, 5.74) is 10.5. The Morgan fingerprint density at radius 1 is 0.326 bits per heavy atom. The molecule has 46 heavy (non-hydrogen) atoms. The predicted octanol–water partition coefficient (Wildman–Crippen LogP) is 10.6. The van der Waals surface area contributed by atoms with Crippen molar-refractivity contribution in [3.05, 3.63) is 180 Å². The number of fused-ring (bicyclic) bond motifs is 6. The largest absolute Gasteiger partial charge is 0.307 e. The molecule has 7 aromatic carbocycles. The normalized spacial score (nSPS) is 11.6. The molecular formula is C43H28N2O. The van der Waals surface area contributed by atoms with Crippen molar-refractivity contribution in [2.75, 3.05) is 0 Å². The van der Waals surface area contributed by atoms with Crippen LogP contribution in [-0.4, -0.2) is 9.13 Å². The Kier molecular flexibility index (Phi) is 5.97. The minimum absolute atomic E-state index is 0.0412. The van der Waals surface area contributed by atoms with E-state index in [2.05, 4.69) is 149 Å². The summed E-state index contributed by atoms with van der Waals surface area (Å²) in [5, 5.41) is 3.65. The van der Waals surface area contributed by atoms with E-state index in [1.165, 1.54) is 0 Å². The van der Waals surface area contributed by atoms with Gasteiger partial charge in [-0.2, -0.15) is 0 Å². The van der Waals surface area contributed by atoms with Crippen LogP contribution >= 0.6 is 0 Å². The van der Waals surface area contributed by atoms with Crippen molar-refractivity contribution in [1.82, 2.24) is 9.13 Å². The first-order valence-corrected chi connectivity index (χ1v) is 15.6. The summed E-state index contributed by atoms with van der Waals surface area (Å²) in [7, 11) is 0. The summed E-state index contributed by atoms with van der Waals surface area (Å²) in [6, 6.07) is 58.9. The van der Waals surface area contributed by atoms with Gasteiger partial charge in [-0.15, -0.1) is 0 Å². The summed E-state index contributed by atoms with van der Waals surface area (Å²) in [6.45, 7) is 0. The Labute approximate surface area is 265 Å². The molecule has 9 rings (SSSR count). The van der Waals surface area contributed by atoms with E-state index in [-0.39, 0.29) is 5.43 Å². The molecule has 3 heteroatoms. The van der Waals surface area contributed by atoms with Crippen LogP contribution < -0.4 is 5.43 Å². The van der Waals surface area contributed by atoms with Crippen LogP contribution in [0.4, 0.5) is 0 Å². The zero-order valence-electron chi connectivity index (χ0n) is 25.0. The zero-order chi connectivity index (χ0) is 30.6. The molecule has 0 aliphatic rings. The standard InChI is InChI=1S/C43H28N2O/c46-43-37-21-11-13-23-40(37)44(33-18-8-3-9-19-33)42-38(43)25-24-36-35-20-10-12-22-39(35)45(41(36)42)34-27-31(29-14-4-1-5-15-29)26-32(28-34)30-16-6-2-7-17-30/h1-28H. The highest BCUT2D eigenvalue weighted by Crippen LogP contribution is 2.40. The van der Waals surface area contributed by atoms with Crippen LogP contribution in [0.2, 0.25) is 0 Å². The molecular weight excluding hydrogens is 560 g/mol. The van der Waals surface area contributed by atoms with Crippen molar-refractivity contribution in [1.29, 1.82) is 0 Å². The molecule has 2 heterocycles. The predicted molar refractivity (Wildman–Crippen MR) is 192 cm³/mol. The SMILES string of the molecule is O=c1c2ccccc2n(-c2ccccc2)c2c1ccc1c3ccccc3n(-c3cc(-c4ccccc4)cc(-c4ccccc4)c3)c12. The molecule has 2 aromatic heterocycles. The molecule has 0 radical (unpaired) electrons. The van der Waals surface area contributed by atoms with Gasteiger partial charge in [-0.05, 0) is 76.9 Å². The van der Waals surface area contributed by atoms with Crippen LogP contribution in [0.15, 0.2) is 175 Å². The Balaban J connectivity index is 1.50. The highest BCUT2D eigenvalue weighted by atomic mass is 16.1. The van der Waals surface area contributed by atoms with Gasteiger partial charge in [0.2, 0.25) is 0 Å². The third kappa shape index (κ3) is 4.03. The number of nitrogens with zero attached hydrogens (tertiary/aromatic N) is 2. The van der Waals surface area contributed by atoms with Gasteiger partial charge in [-0.3, -0.25) is 4.79 Å². The first-order chi connectivity index (χ1) is 22.8. The maximum Gasteiger partial charge on any atom is 0.197 e. The van der Waals surface area contributed by atoms with Crippen molar-refractivity contribution in [3.63, 3.8) is 0 Å². The minimum atomic E-state index is 0.0412. The van der Waals surface area contributed by atoms with Gasteiger partial charge in [0.1, 0.15) is 0 Å². The molecule has 0 saturated heterocycles. The van der Waals surface area contributed by atoms with E-state index >= 15 is 0 Å². The Morgan fingerprint density at radius 2 is 0.783 bits per heavy atom. The highest BCUT2D eigenvalue weighted by molar-refractivity contribution is 6.19. The lowest BCUT2D eigenvalue weighted by Gasteiger charge is -2.19. The molecule has 9 aromatic rings.